The number of thioether (sulfide) groups is 1. The number of phenolic OH excluding ortho intramolecular Hbond substituents is 1. The average molecular weight is 369 g/mol. The minimum Gasteiger partial charge on any atom is -0.503 e. The lowest BCUT2D eigenvalue weighted by Gasteiger charge is -2.27. The van der Waals surface area contributed by atoms with Gasteiger partial charge in [0.05, 0.1) is 29.7 Å². The van der Waals surface area contributed by atoms with E-state index < -0.39 is 0 Å². The van der Waals surface area contributed by atoms with E-state index >= 15 is 0 Å². The summed E-state index contributed by atoms with van der Waals surface area (Å²) in [6, 6.07) is 3.24. The highest BCUT2D eigenvalue weighted by atomic mass is 35.5. The lowest BCUT2D eigenvalue weighted by atomic mass is 10.2. The van der Waals surface area contributed by atoms with Crippen LogP contribution in [0.5, 0.6) is 11.5 Å². The molecule has 128 valence electrons. The third-order valence-corrected chi connectivity index (χ3v) is 4.87. The third kappa shape index (κ3) is 3.68. The topological polar surface area (TPSA) is 71.4 Å². The fourth-order valence-electron chi connectivity index (χ4n) is 2.38. The molecule has 6 nitrogen and oxygen atoms in total. The molecule has 0 saturated carbocycles. The van der Waals surface area contributed by atoms with E-state index in [1.165, 1.54) is 11.8 Å². The molecule has 0 unspecified atom stereocenters. The Morgan fingerprint density at radius 1 is 1.46 bits per heavy atom. The number of carbonyl (C=O) groups excluding carboxylic acids is 1. The minimum atomic E-state index is -0.274. The maximum absolute atomic E-state index is 12.1. The summed E-state index contributed by atoms with van der Waals surface area (Å²) < 4.78 is 10.7. The smallest absolute Gasteiger partial charge is 0.286 e. The van der Waals surface area contributed by atoms with Gasteiger partial charge in [-0.1, -0.05) is 11.6 Å². The number of phenols is 1. The van der Waals surface area contributed by atoms with Crippen LogP contribution in [-0.4, -0.2) is 54.0 Å². The second-order valence-corrected chi connectivity index (χ2v) is 6.61. The lowest BCUT2D eigenvalue weighted by Crippen LogP contribution is -2.38. The lowest BCUT2D eigenvalue weighted by molar-refractivity contribution is -0.113. The zero-order valence-electron chi connectivity index (χ0n) is 13.1. The number of halogens is 1. The predicted octanol–water partition coefficient (Wildman–Crippen LogP) is 2.75. The van der Waals surface area contributed by atoms with E-state index in [0.29, 0.717) is 41.2 Å². The first-order valence-electron chi connectivity index (χ1n) is 7.59. The second-order valence-electron chi connectivity index (χ2n) is 5.19. The summed E-state index contributed by atoms with van der Waals surface area (Å²) in [5.74, 6) is -0.0819. The highest BCUT2D eigenvalue weighted by Gasteiger charge is 2.27. The zero-order chi connectivity index (χ0) is 17.1. The van der Waals surface area contributed by atoms with Crippen LogP contribution < -0.4 is 4.74 Å². The number of ether oxygens (including phenoxy) is 2. The predicted molar refractivity (Wildman–Crippen MR) is 94.7 cm³/mol. The van der Waals surface area contributed by atoms with Crippen molar-refractivity contribution < 1.29 is 19.4 Å². The summed E-state index contributed by atoms with van der Waals surface area (Å²) in [7, 11) is 0. The summed E-state index contributed by atoms with van der Waals surface area (Å²) in [4.78, 5) is 18.8. The Kier molecular flexibility index (Phi) is 5.33. The number of hydrogen-bond donors (Lipinski definition) is 1. The van der Waals surface area contributed by atoms with Crippen molar-refractivity contribution in [2.24, 2.45) is 4.99 Å². The minimum absolute atomic E-state index is 0.101. The van der Waals surface area contributed by atoms with Gasteiger partial charge in [0.1, 0.15) is 0 Å². The number of nitrogens with zero attached hydrogens (tertiary/aromatic N) is 2. The van der Waals surface area contributed by atoms with Gasteiger partial charge < -0.3 is 19.5 Å². The van der Waals surface area contributed by atoms with Gasteiger partial charge in [0.25, 0.3) is 5.91 Å². The molecule has 2 aliphatic heterocycles. The molecule has 1 aromatic rings. The van der Waals surface area contributed by atoms with Gasteiger partial charge in [0.2, 0.25) is 0 Å². The van der Waals surface area contributed by atoms with Crippen LogP contribution in [0.25, 0.3) is 6.08 Å². The molecule has 1 saturated heterocycles. The number of rotatable bonds is 3. The fourth-order valence-corrected chi connectivity index (χ4v) is 3.57. The molecule has 2 aliphatic rings. The van der Waals surface area contributed by atoms with E-state index in [2.05, 4.69) is 4.99 Å². The van der Waals surface area contributed by atoms with Crippen LogP contribution in [0.4, 0.5) is 0 Å². The molecule has 0 aliphatic carbocycles. The molecular formula is C16H17ClN2O4S. The second kappa shape index (κ2) is 7.46. The maximum Gasteiger partial charge on any atom is 0.286 e. The van der Waals surface area contributed by atoms with E-state index in [4.69, 9.17) is 21.1 Å². The Labute approximate surface area is 149 Å². The van der Waals surface area contributed by atoms with E-state index in [0.717, 1.165) is 13.1 Å². The molecule has 24 heavy (non-hydrogen) atoms. The molecule has 8 heteroatoms. The Morgan fingerprint density at radius 3 is 2.92 bits per heavy atom. The first-order valence-corrected chi connectivity index (χ1v) is 8.78. The largest absolute Gasteiger partial charge is 0.503 e. The van der Waals surface area contributed by atoms with Crippen molar-refractivity contribution in [3.8, 4) is 11.5 Å². The van der Waals surface area contributed by atoms with Gasteiger partial charge in [0.15, 0.2) is 16.7 Å². The summed E-state index contributed by atoms with van der Waals surface area (Å²) in [6.07, 6.45) is 1.71. The maximum atomic E-state index is 12.1. The molecule has 1 aromatic carbocycles. The average Bonchev–Trinajstić information content (AvgIpc) is 2.94. The standard InChI is InChI=1S/C16H17ClN2O4S/c1-2-23-12-8-10(7-11(17)14(12)20)9-13-15(21)18-16(24-13)19-3-5-22-6-4-19/h7-9,20H,2-6H2,1H3/b13-9-. The normalized spacial score (nSPS) is 19.8. The monoisotopic (exact) mass is 368 g/mol. The van der Waals surface area contributed by atoms with Crippen LogP contribution in [0.2, 0.25) is 5.02 Å². The van der Waals surface area contributed by atoms with Crippen LogP contribution >= 0.6 is 23.4 Å². The number of amidine groups is 1. The Balaban J connectivity index is 1.81. The summed E-state index contributed by atoms with van der Waals surface area (Å²) in [5.41, 5.74) is 0.676. The highest BCUT2D eigenvalue weighted by molar-refractivity contribution is 8.18. The van der Waals surface area contributed by atoms with Crippen molar-refractivity contribution in [3.63, 3.8) is 0 Å². The highest BCUT2D eigenvalue weighted by Crippen LogP contribution is 2.37. The summed E-state index contributed by atoms with van der Waals surface area (Å²) in [5, 5.41) is 10.8. The van der Waals surface area contributed by atoms with Crippen molar-refractivity contribution in [2.75, 3.05) is 32.9 Å². The van der Waals surface area contributed by atoms with Gasteiger partial charge in [-0.25, -0.2) is 0 Å². The number of amides is 1. The van der Waals surface area contributed by atoms with Crippen LogP contribution in [0.15, 0.2) is 22.0 Å². The van der Waals surface area contributed by atoms with Gasteiger partial charge in [-0.2, -0.15) is 4.99 Å². The fraction of sp³-hybridized carbons (Fsp3) is 0.375. The molecular weight excluding hydrogens is 352 g/mol. The third-order valence-electron chi connectivity index (χ3n) is 3.54. The summed E-state index contributed by atoms with van der Waals surface area (Å²) in [6.45, 7) is 4.95. The van der Waals surface area contributed by atoms with Crippen LogP contribution in [0.1, 0.15) is 12.5 Å². The van der Waals surface area contributed by atoms with Gasteiger partial charge >= 0.3 is 0 Å². The first kappa shape index (κ1) is 17.1. The number of aromatic hydroxyl groups is 1. The molecule has 0 bridgehead atoms. The van der Waals surface area contributed by atoms with Crippen molar-refractivity contribution in [2.45, 2.75) is 6.92 Å². The first-order chi connectivity index (χ1) is 11.6. The number of carbonyl (C=O) groups is 1. The summed E-state index contributed by atoms with van der Waals surface area (Å²) >= 11 is 7.36. The van der Waals surface area contributed by atoms with Crippen LogP contribution in [0.3, 0.4) is 0 Å². The van der Waals surface area contributed by atoms with Gasteiger partial charge in [0, 0.05) is 13.1 Å². The number of benzene rings is 1. The molecule has 1 amide bonds. The quantitative estimate of drug-likeness (QED) is 0.827. The van der Waals surface area contributed by atoms with Crippen molar-refractivity contribution in [3.05, 3.63) is 27.6 Å². The van der Waals surface area contributed by atoms with Crippen LogP contribution in [0, 0.1) is 0 Å². The zero-order valence-corrected chi connectivity index (χ0v) is 14.7. The Hall–Kier alpha value is -1.70. The molecule has 3 rings (SSSR count). The van der Waals surface area contributed by atoms with Crippen LogP contribution in [-0.2, 0) is 9.53 Å². The van der Waals surface area contributed by atoms with E-state index in [1.807, 2.05) is 11.8 Å². The molecule has 0 aromatic heterocycles. The van der Waals surface area contributed by atoms with Crippen molar-refractivity contribution >= 4 is 40.5 Å². The van der Waals surface area contributed by atoms with E-state index in [9.17, 15) is 9.90 Å². The number of hydrogen-bond acceptors (Lipinski definition) is 6. The van der Waals surface area contributed by atoms with E-state index in [-0.39, 0.29) is 16.7 Å². The van der Waals surface area contributed by atoms with Crippen molar-refractivity contribution in [1.29, 1.82) is 0 Å². The number of morpholine rings is 1. The van der Waals surface area contributed by atoms with Gasteiger partial charge in [-0.3, -0.25) is 4.79 Å². The Bertz CT molecular complexity index is 714. The van der Waals surface area contributed by atoms with Crippen molar-refractivity contribution in [1.82, 2.24) is 4.90 Å². The van der Waals surface area contributed by atoms with Gasteiger partial charge in [-0.15, -0.1) is 0 Å². The molecule has 0 atom stereocenters. The number of aliphatic imine (C=N–C) groups is 1. The molecule has 0 radical (unpaired) electrons. The Morgan fingerprint density at radius 2 is 2.21 bits per heavy atom. The molecule has 1 N–H and O–H groups in total. The van der Waals surface area contributed by atoms with E-state index in [1.54, 1.807) is 18.2 Å². The molecule has 0 spiro atoms. The molecule has 2 heterocycles. The molecule has 1 fully saturated rings. The SMILES string of the molecule is CCOc1cc(/C=C2\SC(N3CCOCC3)=NC2=O)cc(Cl)c1O. The van der Waals surface area contributed by atoms with Gasteiger partial charge in [-0.05, 0) is 42.5 Å².